The first-order valence-corrected chi connectivity index (χ1v) is 6.22. The quantitative estimate of drug-likeness (QED) is 0.659. The Labute approximate surface area is 109 Å². The van der Waals surface area contributed by atoms with Gasteiger partial charge in [0.25, 0.3) is 0 Å². The fraction of sp³-hybridized carbons (Fsp3) is 0.111. The molecule has 90 valence electrons. The maximum Gasteiger partial charge on any atom is -0.00256 e. The minimum Gasteiger partial charge on any atom is -0.103 e. The standard InChI is InChI=1S/C18H18/c1-3-9-17-12-7-8-13-18(17)15(2)14-16-10-5-4-6-11-16/h3-8,10-13H,1-2,9,14H2. The molecule has 0 aliphatic rings. The van der Waals surface area contributed by atoms with E-state index in [9.17, 15) is 0 Å². The molecule has 0 spiro atoms. The number of benzene rings is 2. The van der Waals surface area contributed by atoms with E-state index in [4.69, 9.17) is 0 Å². The van der Waals surface area contributed by atoms with Gasteiger partial charge in [0.05, 0.1) is 0 Å². The summed E-state index contributed by atoms with van der Waals surface area (Å²) in [6, 6.07) is 18.9. The molecule has 2 rings (SSSR count). The third-order valence-corrected chi connectivity index (χ3v) is 3.02. The van der Waals surface area contributed by atoms with Crippen LogP contribution in [0.4, 0.5) is 0 Å². The first kappa shape index (κ1) is 12.4. The molecular weight excluding hydrogens is 216 g/mol. The average molecular weight is 234 g/mol. The molecule has 0 amide bonds. The lowest BCUT2D eigenvalue weighted by Crippen LogP contribution is -1.94. The van der Waals surface area contributed by atoms with Crippen LogP contribution in [0.2, 0.25) is 0 Å². The minimum absolute atomic E-state index is 0.893. The summed E-state index contributed by atoms with van der Waals surface area (Å²) >= 11 is 0. The molecule has 0 fully saturated rings. The Morgan fingerprint density at radius 3 is 2.33 bits per heavy atom. The van der Waals surface area contributed by atoms with Gasteiger partial charge in [0.15, 0.2) is 0 Å². The molecule has 0 bridgehead atoms. The summed E-state index contributed by atoms with van der Waals surface area (Å²) in [7, 11) is 0. The van der Waals surface area contributed by atoms with Crippen LogP contribution in [0.1, 0.15) is 16.7 Å². The van der Waals surface area contributed by atoms with Crippen LogP contribution in [0.25, 0.3) is 5.57 Å². The zero-order valence-electron chi connectivity index (χ0n) is 10.6. The van der Waals surface area contributed by atoms with Gasteiger partial charge in [-0.2, -0.15) is 0 Å². The van der Waals surface area contributed by atoms with Crippen molar-refractivity contribution in [3.05, 3.63) is 90.5 Å². The third-order valence-electron chi connectivity index (χ3n) is 3.02. The summed E-state index contributed by atoms with van der Waals surface area (Å²) in [5, 5.41) is 0. The number of hydrogen-bond donors (Lipinski definition) is 0. The number of allylic oxidation sites excluding steroid dienone is 2. The van der Waals surface area contributed by atoms with Gasteiger partial charge in [-0.3, -0.25) is 0 Å². The molecule has 0 saturated carbocycles. The number of hydrogen-bond acceptors (Lipinski definition) is 0. The first-order chi connectivity index (χ1) is 8.81. The van der Waals surface area contributed by atoms with E-state index in [1.807, 2.05) is 12.1 Å². The largest absolute Gasteiger partial charge is 0.103 e. The average Bonchev–Trinajstić information content (AvgIpc) is 2.41. The van der Waals surface area contributed by atoms with Crippen molar-refractivity contribution < 1.29 is 0 Å². The van der Waals surface area contributed by atoms with E-state index in [2.05, 4.69) is 61.7 Å². The van der Waals surface area contributed by atoms with Crippen LogP contribution >= 0.6 is 0 Å². The molecule has 18 heavy (non-hydrogen) atoms. The summed E-state index contributed by atoms with van der Waals surface area (Å²) in [5.41, 5.74) is 5.02. The smallest absolute Gasteiger partial charge is 0.00256 e. The Hall–Kier alpha value is -2.08. The van der Waals surface area contributed by atoms with Crippen LogP contribution in [0.5, 0.6) is 0 Å². The second kappa shape index (κ2) is 6.02. The van der Waals surface area contributed by atoms with Gasteiger partial charge in [0.2, 0.25) is 0 Å². The van der Waals surface area contributed by atoms with E-state index < -0.39 is 0 Å². The molecule has 0 atom stereocenters. The Balaban J connectivity index is 2.21. The van der Waals surface area contributed by atoms with Crippen molar-refractivity contribution in [1.82, 2.24) is 0 Å². The zero-order valence-corrected chi connectivity index (χ0v) is 10.6. The number of rotatable bonds is 5. The lowest BCUT2D eigenvalue weighted by atomic mass is 9.94. The Morgan fingerprint density at radius 1 is 0.944 bits per heavy atom. The highest BCUT2D eigenvalue weighted by atomic mass is 14.1. The molecule has 0 nitrogen and oxygen atoms in total. The summed E-state index contributed by atoms with van der Waals surface area (Å²) in [5.74, 6) is 0. The summed E-state index contributed by atoms with van der Waals surface area (Å²) in [4.78, 5) is 0. The SMILES string of the molecule is C=CCc1ccccc1C(=C)Cc1ccccc1. The van der Waals surface area contributed by atoms with E-state index in [-0.39, 0.29) is 0 Å². The van der Waals surface area contributed by atoms with Crippen LogP contribution < -0.4 is 0 Å². The molecule has 0 unspecified atom stereocenters. The molecule has 0 aliphatic heterocycles. The molecule has 0 radical (unpaired) electrons. The van der Waals surface area contributed by atoms with E-state index in [1.54, 1.807) is 0 Å². The molecule has 0 aromatic heterocycles. The van der Waals surface area contributed by atoms with Crippen LogP contribution in [-0.2, 0) is 12.8 Å². The lowest BCUT2D eigenvalue weighted by molar-refractivity contribution is 1.22. The van der Waals surface area contributed by atoms with Crippen molar-refractivity contribution in [2.24, 2.45) is 0 Å². The fourth-order valence-electron chi connectivity index (χ4n) is 2.14. The van der Waals surface area contributed by atoms with Gasteiger partial charge < -0.3 is 0 Å². The van der Waals surface area contributed by atoms with Gasteiger partial charge in [-0.25, -0.2) is 0 Å². The van der Waals surface area contributed by atoms with E-state index >= 15 is 0 Å². The second-order valence-corrected chi connectivity index (χ2v) is 4.42. The van der Waals surface area contributed by atoms with Gasteiger partial charge in [0.1, 0.15) is 0 Å². The van der Waals surface area contributed by atoms with Crippen molar-refractivity contribution in [3.63, 3.8) is 0 Å². The topological polar surface area (TPSA) is 0 Å². The van der Waals surface area contributed by atoms with Gasteiger partial charge in [-0.05, 0) is 35.1 Å². The predicted octanol–water partition coefficient (Wildman–Crippen LogP) is 4.67. The highest BCUT2D eigenvalue weighted by Crippen LogP contribution is 2.22. The van der Waals surface area contributed by atoms with Crippen LogP contribution in [-0.4, -0.2) is 0 Å². The van der Waals surface area contributed by atoms with Crippen LogP contribution in [0.15, 0.2) is 73.8 Å². The first-order valence-electron chi connectivity index (χ1n) is 6.22. The maximum absolute atomic E-state index is 4.23. The minimum atomic E-state index is 0.893. The molecule has 0 saturated heterocycles. The van der Waals surface area contributed by atoms with Crippen LogP contribution in [0.3, 0.4) is 0 Å². The second-order valence-electron chi connectivity index (χ2n) is 4.42. The van der Waals surface area contributed by atoms with E-state index in [0.717, 1.165) is 12.8 Å². The molecule has 0 N–H and O–H groups in total. The monoisotopic (exact) mass is 234 g/mol. The van der Waals surface area contributed by atoms with Gasteiger partial charge in [-0.1, -0.05) is 67.3 Å². The highest BCUT2D eigenvalue weighted by molar-refractivity contribution is 5.68. The molecular formula is C18H18. The third kappa shape index (κ3) is 2.98. The molecule has 2 aromatic carbocycles. The maximum atomic E-state index is 4.23. The van der Waals surface area contributed by atoms with Crippen molar-refractivity contribution in [3.8, 4) is 0 Å². The van der Waals surface area contributed by atoms with E-state index in [1.165, 1.54) is 22.3 Å². The molecule has 0 heterocycles. The predicted molar refractivity (Wildman–Crippen MR) is 79.5 cm³/mol. The summed E-state index contributed by atoms with van der Waals surface area (Å²) in [6.07, 6.45) is 3.73. The fourth-order valence-corrected chi connectivity index (χ4v) is 2.14. The van der Waals surface area contributed by atoms with Crippen molar-refractivity contribution in [2.75, 3.05) is 0 Å². The Kier molecular flexibility index (Phi) is 4.14. The summed E-state index contributed by atoms with van der Waals surface area (Å²) < 4.78 is 0. The lowest BCUT2D eigenvalue weighted by Gasteiger charge is -2.11. The van der Waals surface area contributed by atoms with Gasteiger partial charge >= 0.3 is 0 Å². The van der Waals surface area contributed by atoms with Gasteiger partial charge in [-0.15, -0.1) is 6.58 Å². The molecule has 2 aromatic rings. The zero-order chi connectivity index (χ0) is 12.8. The highest BCUT2D eigenvalue weighted by Gasteiger charge is 2.05. The molecule has 0 aliphatic carbocycles. The normalized spacial score (nSPS) is 10.0. The van der Waals surface area contributed by atoms with Crippen molar-refractivity contribution in [1.29, 1.82) is 0 Å². The van der Waals surface area contributed by atoms with Crippen molar-refractivity contribution in [2.45, 2.75) is 12.8 Å². The molecule has 0 heteroatoms. The van der Waals surface area contributed by atoms with E-state index in [0.29, 0.717) is 0 Å². The summed E-state index contributed by atoms with van der Waals surface area (Å²) in [6.45, 7) is 8.04. The Bertz CT molecular complexity index is 535. The van der Waals surface area contributed by atoms with Crippen LogP contribution in [0, 0.1) is 0 Å². The Morgan fingerprint density at radius 2 is 1.61 bits per heavy atom. The van der Waals surface area contributed by atoms with Crippen molar-refractivity contribution >= 4 is 5.57 Å². The van der Waals surface area contributed by atoms with Gasteiger partial charge in [0, 0.05) is 0 Å².